The highest BCUT2D eigenvalue weighted by atomic mass is 32.2. The molecule has 1 aliphatic carbocycles. The highest BCUT2D eigenvalue weighted by Crippen LogP contribution is 2.30. The van der Waals surface area contributed by atoms with Gasteiger partial charge < -0.3 is 4.57 Å². The van der Waals surface area contributed by atoms with Crippen molar-refractivity contribution in [1.29, 1.82) is 0 Å². The van der Waals surface area contributed by atoms with Crippen molar-refractivity contribution in [3.8, 4) is 5.69 Å². The first-order valence-corrected chi connectivity index (χ1v) is 9.74. The second kappa shape index (κ2) is 6.24. The molecule has 0 aliphatic heterocycles. The van der Waals surface area contributed by atoms with Crippen molar-refractivity contribution in [2.45, 2.75) is 43.4 Å². The molecule has 0 radical (unpaired) electrons. The summed E-state index contributed by atoms with van der Waals surface area (Å²) in [7, 11) is -3.20. The molecular weight excluding hydrogens is 296 g/mol. The van der Waals surface area contributed by atoms with Crippen molar-refractivity contribution in [3.05, 3.63) is 42.5 Å². The van der Waals surface area contributed by atoms with Crippen molar-refractivity contribution < 1.29 is 8.42 Å². The zero-order valence-electron chi connectivity index (χ0n) is 12.9. The molecule has 1 saturated carbocycles. The molecule has 1 fully saturated rings. The van der Waals surface area contributed by atoms with Gasteiger partial charge in [-0.3, -0.25) is 0 Å². The van der Waals surface area contributed by atoms with Crippen LogP contribution in [-0.2, 0) is 16.3 Å². The summed E-state index contributed by atoms with van der Waals surface area (Å²) in [6.45, 7) is 0. The molecule has 1 aromatic carbocycles. The molecule has 1 heterocycles. The van der Waals surface area contributed by atoms with E-state index >= 15 is 0 Å². The van der Waals surface area contributed by atoms with Crippen molar-refractivity contribution in [2.24, 2.45) is 5.92 Å². The number of imidazole rings is 1. The van der Waals surface area contributed by atoms with Gasteiger partial charge in [0.15, 0.2) is 9.84 Å². The Morgan fingerprint density at radius 2 is 2.00 bits per heavy atom. The normalized spacial score (nSPS) is 16.8. The van der Waals surface area contributed by atoms with Gasteiger partial charge in [-0.2, -0.15) is 0 Å². The van der Waals surface area contributed by atoms with Gasteiger partial charge in [-0.15, -0.1) is 0 Å². The summed E-state index contributed by atoms with van der Waals surface area (Å²) in [6, 6.07) is 5.48. The number of hydrogen-bond donors (Lipinski definition) is 0. The third kappa shape index (κ3) is 3.40. The lowest BCUT2D eigenvalue weighted by molar-refractivity contribution is 0.356. The average Bonchev–Trinajstić information content (AvgIpc) is 3.01. The van der Waals surface area contributed by atoms with Crippen LogP contribution in [0.15, 0.2) is 41.8 Å². The predicted octanol–water partition coefficient (Wildman–Crippen LogP) is 3.40. The van der Waals surface area contributed by atoms with Gasteiger partial charge in [0, 0.05) is 18.6 Å². The van der Waals surface area contributed by atoms with Crippen LogP contribution in [-0.4, -0.2) is 24.2 Å². The Balaban J connectivity index is 1.98. The quantitative estimate of drug-likeness (QED) is 0.868. The van der Waals surface area contributed by atoms with E-state index in [1.54, 1.807) is 24.7 Å². The summed E-state index contributed by atoms with van der Waals surface area (Å²) in [4.78, 5) is 4.46. The molecule has 1 aromatic heterocycles. The van der Waals surface area contributed by atoms with Gasteiger partial charge in [-0.1, -0.05) is 38.2 Å². The molecule has 118 valence electrons. The highest BCUT2D eigenvalue weighted by molar-refractivity contribution is 7.90. The van der Waals surface area contributed by atoms with E-state index in [1.807, 2.05) is 16.8 Å². The molecule has 2 aromatic rings. The van der Waals surface area contributed by atoms with Crippen LogP contribution in [0.2, 0.25) is 0 Å². The largest absolute Gasteiger partial charge is 0.306 e. The molecule has 0 bridgehead atoms. The topological polar surface area (TPSA) is 52.0 Å². The summed E-state index contributed by atoms with van der Waals surface area (Å²) in [5.74, 6) is 0.708. The summed E-state index contributed by atoms with van der Waals surface area (Å²) < 4.78 is 25.6. The van der Waals surface area contributed by atoms with E-state index in [0.717, 1.165) is 12.1 Å². The number of benzene rings is 1. The fourth-order valence-corrected chi connectivity index (χ4v) is 3.93. The van der Waals surface area contributed by atoms with E-state index in [9.17, 15) is 8.42 Å². The Morgan fingerprint density at radius 1 is 1.23 bits per heavy atom. The van der Waals surface area contributed by atoms with E-state index in [0.29, 0.717) is 10.8 Å². The Hall–Kier alpha value is -1.62. The van der Waals surface area contributed by atoms with Crippen LogP contribution in [0.25, 0.3) is 5.69 Å². The van der Waals surface area contributed by atoms with Crippen LogP contribution in [0, 0.1) is 5.92 Å². The second-order valence-corrected chi connectivity index (χ2v) is 8.26. The summed E-state index contributed by atoms with van der Waals surface area (Å²) in [5.41, 5.74) is 2.14. The first-order chi connectivity index (χ1) is 10.5. The maximum Gasteiger partial charge on any atom is 0.175 e. The van der Waals surface area contributed by atoms with Crippen LogP contribution in [0.3, 0.4) is 0 Å². The first kappa shape index (κ1) is 15.3. The number of hydrogen-bond acceptors (Lipinski definition) is 3. The van der Waals surface area contributed by atoms with E-state index in [1.165, 1.54) is 43.9 Å². The molecule has 0 atom stereocenters. The molecule has 5 heteroatoms. The van der Waals surface area contributed by atoms with Crippen LogP contribution >= 0.6 is 0 Å². The maximum absolute atomic E-state index is 11.8. The Labute approximate surface area is 132 Å². The van der Waals surface area contributed by atoms with E-state index in [-0.39, 0.29) is 0 Å². The average molecular weight is 318 g/mol. The van der Waals surface area contributed by atoms with Crippen molar-refractivity contribution in [3.63, 3.8) is 0 Å². The minimum absolute atomic E-state index is 0.364. The van der Waals surface area contributed by atoms with Gasteiger partial charge in [0.1, 0.15) is 0 Å². The van der Waals surface area contributed by atoms with Crippen LogP contribution in [0.1, 0.15) is 37.7 Å². The fraction of sp³-hybridized carbons (Fsp3) is 0.471. The number of nitrogens with zero attached hydrogens (tertiary/aromatic N) is 2. The third-order valence-corrected chi connectivity index (χ3v) is 5.61. The summed E-state index contributed by atoms with van der Waals surface area (Å²) in [5, 5.41) is 0. The van der Waals surface area contributed by atoms with Crippen molar-refractivity contribution in [1.82, 2.24) is 9.55 Å². The van der Waals surface area contributed by atoms with Gasteiger partial charge >= 0.3 is 0 Å². The third-order valence-electron chi connectivity index (χ3n) is 4.50. The molecule has 0 unspecified atom stereocenters. The van der Waals surface area contributed by atoms with Crippen LogP contribution < -0.4 is 0 Å². The molecule has 0 saturated heterocycles. The molecule has 0 spiro atoms. The Bertz CT molecular complexity index is 730. The zero-order chi connectivity index (χ0) is 15.6. The van der Waals surface area contributed by atoms with Crippen LogP contribution in [0.4, 0.5) is 0 Å². The SMILES string of the molecule is CS(=O)(=O)c1ccc(CC2CCCCC2)c(-n2ccnc2)c1. The minimum Gasteiger partial charge on any atom is -0.306 e. The molecular formula is C17H22N2O2S. The number of aromatic nitrogens is 2. The monoisotopic (exact) mass is 318 g/mol. The van der Waals surface area contributed by atoms with Gasteiger partial charge in [0.05, 0.1) is 16.9 Å². The van der Waals surface area contributed by atoms with Crippen molar-refractivity contribution in [2.75, 3.05) is 6.26 Å². The number of sulfone groups is 1. The van der Waals surface area contributed by atoms with E-state index in [4.69, 9.17) is 0 Å². The minimum atomic E-state index is -3.20. The second-order valence-electron chi connectivity index (χ2n) is 6.24. The Morgan fingerprint density at radius 3 is 2.64 bits per heavy atom. The molecule has 1 aliphatic rings. The highest BCUT2D eigenvalue weighted by Gasteiger charge is 2.18. The summed E-state index contributed by atoms with van der Waals surface area (Å²) in [6.07, 6.45) is 14.1. The molecule has 0 amide bonds. The predicted molar refractivity (Wildman–Crippen MR) is 87.0 cm³/mol. The molecule has 4 nitrogen and oxygen atoms in total. The lowest BCUT2D eigenvalue weighted by Crippen LogP contribution is -2.11. The van der Waals surface area contributed by atoms with Crippen LogP contribution in [0.5, 0.6) is 0 Å². The smallest absolute Gasteiger partial charge is 0.175 e. The van der Waals surface area contributed by atoms with Gasteiger partial charge in [0.2, 0.25) is 0 Å². The van der Waals surface area contributed by atoms with E-state index < -0.39 is 9.84 Å². The van der Waals surface area contributed by atoms with E-state index in [2.05, 4.69) is 4.98 Å². The lowest BCUT2D eigenvalue weighted by atomic mass is 9.84. The number of rotatable bonds is 4. The lowest BCUT2D eigenvalue weighted by Gasteiger charge is -2.23. The summed E-state index contributed by atoms with van der Waals surface area (Å²) >= 11 is 0. The zero-order valence-corrected chi connectivity index (χ0v) is 13.7. The molecule has 3 rings (SSSR count). The van der Waals surface area contributed by atoms with Gasteiger partial charge in [0.25, 0.3) is 0 Å². The molecule has 0 N–H and O–H groups in total. The maximum atomic E-state index is 11.8. The van der Waals surface area contributed by atoms with Gasteiger partial charge in [-0.25, -0.2) is 13.4 Å². The molecule has 22 heavy (non-hydrogen) atoms. The van der Waals surface area contributed by atoms with Crippen molar-refractivity contribution >= 4 is 9.84 Å². The standard InChI is InChI=1S/C17H22N2O2S/c1-22(20,21)16-8-7-15(11-14-5-3-2-4-6-14)17(12-16)19-10-9-18-13-19/h7-10,12-14H,2-6,11H2,1H3. The van der Waals surface area contributed by atoms with Gasteiger partial charge in [-0.05, 0) is 30.0 Å². The first-order valence-electron chi connectivity index (χ1n) is 7.85. The fourth-order valence-electron chi connectivity index (χ4n) is 3.29. The Kier molecular flexibility index (Phi) is 4.34.